The van der Waals surface area contributed by atoms with Gasteiger partial charge in [0.05, 0.1) is 12.9 Å². The number of hydrogen-bond donors (Lipinski definition) is 2. The normalized spacial score (nSPS) is 22.8. The largest absolute Gasteiger partial charge is 0.351 e. The third kappa shape index (κ3) is 4.03. The Morgan fingerprint density at radius 3 is 2.64 bits per heavy atom. The average molecular weight is 450 g/mol. The Hall–Kier alpha value is -3.16. The van der Waals surface area contributed by atoms with Gasteiger partial charge in [0.25, 0.3) is 11.8 Å². The molecule has 0 bridgehead atoms. The molecule has 8 heteroatoms. The maximum Gasteiger partial charge on any atom is 0.274 e. The fraction of sp³-hybridized carbons (Fsp3) is 0.520. The van der Waals surface area contributed by atoms with Crippen molar-refractivity contribution in [1.82, 2.24) is 25.1 Å². The second-order valence-corrected chi connectivity index (χ2v) is 9.88. The van der Waals surface area contributed by atoms with Gasteiger partial charge in [-0.2, -0.15) is 0 Å². The Morgan fingerprint density at radius 1 is 1.18 bits per heavy atom. The van der Waals surface area contributed by atoms with Crippen LogP contribution in [-0.2, 0) is 17.9 Å². The van der Waals surface area contributed by atoms with Crippen LogP contribution in [0.2, 0.25) is 0 Å². The van der Waals surface area contributed by atoms with Crippen LogP contribution in [0, 0.1) is 6.92 Å². The van der Waals surface area contributed by atoms with Crippen LogP contribution in [0.15, 0.2) is 30.6 Å². The molecule has 2 aromatic rings. The van der Waals surface area contributed by atoms with Crippen LogP contribution in [-0.4, -0.2) is 49.8 Å². The lowest BCUT2D eigenvalue weighted by Gasteiger charge is -2.44. The lowest BCUT2D eigenvalue weighted by Crippen LogP contribution is -2.65. The molecular formula is C25H31N5O3. The Labute approximate surface area is 193 Å². The molecule has 174 valence electrons. The zero-order valence-corrected chi connectivity index (χ0v) is 19.3. The molecule has 3 aliphatic rings. The van der Waals surface area contributed by atoms with Crippen LogP contribution in [0.1, 0.15) is 77.6 Å². The molecule has 0 radical (unpaired) electrons. The first-order valence-electron chi connectivity index (χ1n) is 11.9. The minimum Gasteiger partial charge on any atom is -0.351 e. The molecule has 33 heavy (non-hydrogen) atoms. The van der Waals surface area contributed by atoms with Crippen LogP contribution < -0.4 is 10.6 Å². The van der Waals surface area contributed by atoms with Crippen LogP contribution in [0.3, 0.4) is 0 Å². The summed E-state index contributed by atoms with van der Waals surface area (Å²) in [5, 5.41) is 6.07. The van der Waals surface area contributed by atoms with Crippen molar-refractivity contribution in [3.8, 4) is 0 Å². The Kier molecular flexibility index (Phi) is 5.46. The molecule has 2 aliphatic carbocycles. The van der Waals surface area contributed by atoms with E-state index in [9.17, 15) is 14.4 Å². The van der Waals surface area contributed by atoms with E-state index < -0.39 is 5.54 Å². The van der Waals surface area contributed by atoms with Crippen LogP contribution in [0.25, 0.3) is 0 Å². The molecule has 1 aliphatic heterocycles. The molecule has 5 rings (SSSR count). The highest BCUT2D eigenvalue weighted by molar-refractivity contribution is 6.07. The van der Waals surface area contributed by atoms with E-state index in [0.29, 0.717) is 13.1 Å². The highest BCUT2D eigenvalue weighted by Gasteiger charge is 2.54. The predicted molar refractivity (Wildman–Crippen MR) is 123 cm³/mol. The minimum absolute atomic E-state index is 0.0312. The van der Waals surface area contributed by atoms with Crippen molar-refractivity contribution in [3.63, 3.8) is 0 Å². The van der Waals surface area contributed by atoms with Gasteiger partial charge in [-0.25, -0.2) is 4.98 Å². The number of imidazole rings is 1. The van der Waals surface area contributed by atoms with Gasteiger partial charge >= 0.3 is 0 Å². The van der Waals surface area contributed by atoms with E-state index >= 15 is 0 Å². The third-order valence-electron chi connectivity index (χ3n) is 7.11. The maximum atomic E-state index is 13.7. The van der Waals surface area contributed by atoms with E-state index in [1.165, 1.54) is 6.33 Å². The van der Waals surface area contributed by atoms with E-state index in [2.05, 4.69) is 15.6 Å². The van der Waals surface area contributed by atoms with E-state index in [1.807, 2.05) is 38.1 Å². The quantitative estimate of drug-likeness (QED) is 0.708. The number of amides is 3. The Morgan fingerprint density at radius 2 is 1.94 bits per heavy atom. The lowest BCUT2D eigenvalue weighted by atomic mass is 9.93. The molecule has 1 aromatic carbocycles. The number of carbonyl (C=O) groups excluding carboxylic acids is 3. The lowest BCUT2D eigenvalue weighted by molar-refractivity contribution is -0.134. The summed E-state index contributed by atoms with van der Waals surface area (Å²) >= 11 is 0. The minimum atomic E-state index is -0.996. The number of carbonyl (C=O) groups is 3. The summed E-state index contributed by atoms with van der Waals surface area (Å²) in [5.41, 5.74) is 1.50. The van der Waals surface area contributed by atoms with Crippen molar-refractivity contribution in [1.29, 1.82) is 0 Å². The monoisotopic (exact) mass is 449 g/mol. The summed E-state index contributed by atoms with van der Waals surface area (Å²) in [5.74, 6) is -0.779. The fourth-order valence-electron chi connectivity index (χ4n) is 5.22. The number of nitrogens with zero attached hydrogens (tertiary/aromatic N) is 3. The summed E-state index contributed by atoms with van der Waals surface area (Å²) in [6.07, 6.45) is 7.49. The molecule has 0 saturated heterocycles. The zero-order valence-electron chi connectivity index (χ0n) is 19.3. The molecule has 0 spiro atoms. The van der Waals surface area contributed by atoms with E-state index in [0.717, 1.165) is 49.7 Å². The predicted octanol–water partition coefficient (Wildman–Crippen LogP) is 2.56. The molecule has 2 fully saturated rings. The van der Waals surface area contributed by atoms with E-state index in [-0.39, 0.29) is 41.2 Å². The zero-order chi connectivity index (χ0) is 23.2. The first-order valence-corrected chi connectivity index (χ1v) is 11.9. The maximum absolute atomic E-state index is 13.7. The third-order valence-corrected chi connectivity index (χ3v) is 7.11. The molecular weight excluding hydrogens is 418 g/mol. The van der Waals surface area contributed by atoms with Crippen LogP contribution in [0.5, 0.6) is 0 Å². The molecule has 2 heterocycles. The first-order chi connectivity index (χ1) is 15.9. The van der Waals surface area contributed by atoms with Gasteiger partial charge in [0.2, 0.25) is 5.91 Å². The highest BCUT2D eigenvalue weighted by Crippen LogP contribution is 2.39. The number of aromatic nitrogens is 2. The van der Waals surface area contributed by atoms with E-state index in [4.69, 9.17) is 0 Å². The van der Waals surface area contributed by atoms with Crippen molar-refractivity contribution >= 4 is 17.7 Å². The topological polar surface area (TPSA) is 96.3 Å². The molecule has 1 unspecified atom stereocenters. The second-order valence-electron chi connectivity index (χ2n) is 9.88. The Bertz CT molecular complexity index is 1100. The molecule has 1 aromatic heterocycles. The standard InChI is InChI=1S/C25H31N5O3/c1-16-6-5-7-17(12-16)13-26-22(31)20-21-23(32)30(19-10-11-19)25(2,14-29(21)15-27-20)24(33)28-18-8-3-4-9-18/h5-7,12,15,18-19H,3-4,8-11,13-14H2,1-2H3,(H,26,31)(H,28,33). The SMILES string of the molecule is Cc1cccc(CNC(=O)c2ncn3c2C(=O)N(C2CC2)C(C)(C(=O)NC2CCCC2)C3)c1. The number of hydrogen-bond acceptors (Lipinski definition) is 4. The summed E-state index contributed by atoms with van der Waals surface area (Å²) in [7, 11) is 0. The molecule has 8 nitrogen and oxygen atoms in total. The van der Waals surface area contributed by atoms with Crippen molar-refractivity contribution in [2.75, 3.05) is 0 Å². The smallest absolute Gasteiger partial charge is 0.274 e. The summed E-state index contributed by atoms with van der Waals surface area (Å²) in [6, 6.07) is 8.12. The van der Waals surface area contributed by atoms with Crippen molar-refractivity contribution < 1.29 is 14.4 Å². The number of benzene rings is 1. The van der Waals surface area contributed by atoms with Gasteiger partial charge in [-0.1, -0.05) is 42.7 Å². The molecule has 2 N–H and O–H groups in total. The molecule has 2 saturated carbocycles. The highest BCUT2D eigenvalue weighted by atomic mass is 16.2. The van der Waals surface area contributed by atoms with Gasteiger partial charge in [-0.3, -0.25) is 14.4 Å². The van der Waals surface area contributed by atoms with Crippen LogP contribution in [0.4, 0.5) is 0 Å². The van der Waals surface area contributed by atoms with Gasteiger partial charge in [0, 0.05) is 18.6 Å². The van der Waals surface area contributed by atoms with Gasteiger partial charge < -0.3 is 20.1 Å². The van der Waals surface area contributed by atoms with Gasteiger partial charge in [0.15, 0.2) is 5.69 Å². The summed E-state index contributed by atoms with van der Waals surface area (Å²) in [6.45, 7) is 4.49. The van der Waals surface area contributed by atoms with Crippen molar-refractivity contribution in [3.05, 3.63) is 53.1 Å². The number of aryl methyl sites for hydroxylation is 1. The van der Waals surface area contributed by atoms with Crippen LogP contribution >= 0.6 is 0 Å². The van der Waals surface area contributed by atoms with Crippen molar-refractivity contribution in [2.24, 2.45) is 0 Å². The number of rotatable bonds is 6. The summed E-state index contributed by atoms with van der Waals surface area (Å²) < 4.78 is 1.68. The summed E-state index contributed by atoms with van der Waals surface area (Å²) in [4.78, 5) is 46.0. The van der Waals surface area contributed by atoms with Gasteiger partial charge in [-0.15, -0.1) is 0 Å². The number of nitrogens with one attached hydrogen (secondary N) is 2. The Balaban J connectivity index is 1.38. The second kappa shape index (κ2) is 8.32. The first kappa shape index (κ1) is 21.7. The fourth-order valence-corrected chi connectivity index (χ4v) is 5.22. The molecule has 3 amide bonds. The van der Waals surface area contributed by atoms with E-state index in [1.54, 1.807) is 9.47 Å². The average Bonchev–Trinajstić information content (AvgIpc) is 3.29. The van der Waals surface area contributed by atoms with Gasteiger partial charge in [0.1, 0.15) is 11.2 Å². The van der Waals surface area contributed by atoms with Crippen molar-refractivity contribution in [2.45, 2.75) is 83.1 Å². The van der Waals surface area contributed by atoms with Gasteiger partial charge in [-0.05, 0) is 45.1 Å². The number of fused-ring (bicyclic) bond motifs is 1. The molecule has 1 atom stereocenters.